The number of carbonyl (C=O) groups is 2. The molecule has 0 spiro atoms. The number of hydrogen-bond donors (Lipinski definition) is 6. The zero-order chi connectivity index (χ0) is 30.6. The SMILES string of the molecule is CC(C)(C)OC(=O)N[C@@H](Cc1ccccc1)[C@H](O)CNC[C@@H](O)[C@H](Cc1ccccc1)NC(=O)/C(=N/O)C(C)(C)C. The summed E-state index contributed by atoms with van der Waals surface area (Å²) >= 11 is 0. The van der Waals surface area contributed by atoms with E-state index >= 15 is 0 Å². The minimum Gasteiger partial charge on any atom is -0.444 e. The first-order valence-electron chi connectivity index (χ1n) is 13.9. The van der Waals surface area contributed by atoms with Gasteiger partial charge in [0.2, 0.25) is 0 Å². The van der Waals surface area contributed by atoms with Gasteiger partial charge in [0.1, 0.15) is 11.3 Å². The zero-order valence-electron chi connectivity index (χ0n) is 24.9. The Morgan fingerprint density at radius 3 is 1.61 bits per heavy atom. The molecule has 0 aliphatic rings. The van der Waals surface area contributed by atoms with Gasteiger partial charge in [0, 0.05) is 18.5 Å². The molecule has 0 aromatic heterocycles. The first-order valence-corrected chi connectivity index (χ1v) is 13.9. The lowest BCUT2D eigenvalue weighted by Crippen LogP contribution is -2.54. The van der Waals surface area contributed by atoms with Crippen LogP contribution < -0.4 is 16.0 Å². The van der Waals surface area contributed by atoms with Crippen molar-refractivity contribution in [1.29, 1.82) is 0 Å². The van der Waals surface area contributed by atoms with E-state index in [2.05, 4.69) is 21.1 Å². The van der Waals surface area contributed by atoms with Crippen LogP contribution in [0.15, 0.2) is 65.8 Å². The number of benzene rings is 2. The molecular formula is C31H46N4O6. The number of oxime groups is 1. The summed E-state index contributed by atoms with van der Waals surface area (Å²) in [6, 6.07) is 17.5. The fourth-order valence-electron chi connectivity index (χ4n) is 4.20. The lowest BCUT2D eigenvalue weighted by atomic mass is 9.89. The molecule has 41 heavy (non-hydrogen) atoms. The summed E-state index contributed by atoms with van der Waals surface area (Å²) < 4.78 is 5.39. The van der Waals surface area contributed by atoms with Crippen molar-refractivity contribution in [2.45, 2.75) is 84.3 Å². The number of nitrogens with one attached hydrogen (secondary N) is 3. The third-order valence-corrected chi connectivity index (χ3v) is 6.28. The highest BCUT2D eigenvalue weighted by Gasteiger charge is 2.31. The molecule has 10 nitrogen and oxygen atoms in total. The molecule has 0 radical (unpaired) electrons. The number of carbonyl (C=O) groups excluding carboxylic acids is 2. The van der Waals surface area contributed by atoms with E-state index in [1.165, 1.54) is 0 Å². The molecular weight excluding hydrogens is 524 g/mol. The number of nitrogens with zero attached hydrogens (tertiary/aromatic N) is 1. The van der Waals surface area contributed by atoms with Gasteiger partial charge in [-0.15, -0.1) is 0 Å². The van der Waals surface area contributed by atoms with Crippen LogP contribution in [0, 0.1) is 5.41 Å². The van der Waals surface area contributed by atoms with E-state index in [0.717, 1.165) is 11.1 Å². The second-order valence-corrected chi connectivity index (χ2v) is 12.2. The van der Waals surface area contributed by atoms with Gasteiger partial charge in [-0.25, -0.2) is 4.79 Å². The highest BCUT2D eigenvalue weighted by atomic mass is 16.6. The maximum Gasteiger partial charge on any atom is 0.407 e. The Bertz CT molecular complexity index is 1110. The lowest BCUT2D eigenvalue weighted by Gasteiger charge is -2.29. The van der Waals surface area contributed by atoms with Crippen LogP contribution in [-0.4, -0.2) is 76.1 Å². The molecule has 2 aromatic rings. The molecule has 4 atom stereocenters. The minimum atomic E-state index is -1.04. The molecule has 0 fully saturated rings. The molecule has 0 bridgehead atoms. The van der Waals surface area contributed by atoms with Crippen LogP contribution in [0.1, 0.15) is 52.7 Å². The molecule has 0 aliphatic heterocycles. The number of amides is 2. The second kappa shape index (κ2) is 15.5. The molecule has 2 rings (SSSR count). The molecule has 2 aromatic carbocycles. The molecule has 226 valence electrons. The van der Waals surface area contributed by atoms with E-state index in [1.54, 1.807) is 41.5 Å². The van der Waals surface area contributed by atoms with Crippen molar-refractivity contribution in [3.8, 4) is 0 Å². The van der Waals surface area contributed by atoms with Gasteiger partial charge in [-0.2, -0.15) is 0 Å². The smallest absolute Gasteiger partial charge is 0.407 e. The summed E-state index contributed by atoms with van der Waals surface area (Å²) in [6.45, 7) is 10.7. The summed E-state index contributed by atoms with van der Waals surface area (Å²) in [5.41, 5.74) is 0.375. The summed E-state index contributed by atoms with van der Waals surface area (Å²) in [6.07, 6.45) is -1.99. The van der Waals surface area contributed by atoms with Crippen LogP contribution in [0.4, 0.5) is 4.79 Å². The van der Waals surface area contributed by atoms with Gasteiger partial charge in [0.15, 0.2) is 0 Å². The Morgan fingerprint density at radius 2 is 1.22 bits per heavy atom. The van der Waals surface area contributed by atoms with Gasteiger partial charge >= 0.3 is 6.09 Å². The number of ether oxygens (including phenoxy) is 1. The molecule has 0 saturated heterocycles. The van der Waals surface area contributed by atoms with Crippen molar-refractivity contribution in [2.24, 2.45) is 10.6 Å². The molecule has 0 saturated carbocycles. The number of hydrogen-bond acceptors (Lipinski definition) is 8. The quantitative estimate of drug-likeness (QED) is 0.123. The van der Waals surface area contributed by atoms with Gasteiger partial charge in [-0.05, 0) is 44.7 Å². The third kappa shape index (κ3) is 12.3. The molecule has 0 heterocycles. The summed E-state index contributed by atoms with van der Waals surface area (Å²) in [7, 11) is 0. The fraction of sp³-hybridized carbons (Fsp3) is 0.516. The highest BCUT2D eigenvalue weighted by molar-refractivity contribution is 6.40. The van der Waals surface area contributed by atoms with Crippen LogP contribution in [0.2, 0.25) is 0 Å². The van der Waals surface area contributed by atoms with E-state index in [9.17, 15) is 25.0 Å². The number of rotatable bonds is 13. The van der Waals surface area contributed by atoms with Crippen LogP contribution in [-0.2, 0) is 22.4 Å². The molecule has 2 amide bonds. The molecule has 10 heteroatoms. The average molecular weight is 571 g/mol. The van der Waals surface area contributed by atoms with E-state index in [4.69, 9.17) is 4.74 Å². The van der Waals surface area contributed by atoms with Crippen molar-refractivity contribution >= 4 is 17.7 Å². The van der Waals surface area contributed by atoms with Crippen LogP contribution >= 0.6 is 0 Å². The second-order valence-electron chi connectivity index (χ2n) is 12.2. The van der Waals surface area contributed by atoms with Gasteiger partial charge in [0.25, 0.3) is 5.91 Å². The maximum atomic E-state index is 12.9. The monoisotopic (exact) mass is 570 g/mol. The molecule has 0 unspecified atom stereocenters. The van der Waals surface area contributed by atoms with Crippen LogP contribution in [0.25, 0.3) is 0 Å². The normalized spacial score (nSPS) is 15.4. The van der Waals surface area contributed by atoms with Gasteiger partial charge in [0.05, 0.1) is 24.3 Å². The minimum absolute atomic E-state index is 0.0421. The Kier molecular flexibility index (Phi) is 12.8. The van der Waals surface area contributed by atoms with Gasteiger partial charge in [-0.1, -0.05) is 86.6 Å². The van der Waals surface area contributed by atoms with E-state index in [0.29, 0.717) is 12.8 Å². The van der Waals surface area contributed by atoms with E-state index in [-0.39, 0.29) is 18.8 Å². The van der Waals surface area contributed by atoms with E-state index < -0.39 is 47.3 Å². The van der Waals surface area contributed by atoms with Crippen molar-refractivity contribution in [2.75, 3.05) is 13.1 Å². The predicted molar refractivity (Wildman–Crippen MR) is 159 cm³/mol. The van der Waals surface area contributed by atoms with Gasteiger partial charge < -0.3 is 36.1 Å². The molecule has 0 aliphatic carbocycles. The molecule has 6 N–H and O–H groups in total. The Balaban J connectivity index is 2.09. The number of aliphatic hydroxyl groups excluding tert-OH is 2. The first-order chi connectivity index (χ1) is 19.2. The third-order valence-electron chi connectivity index (χ3n) is 6.28. The highest BCUT2D eigenvalue weighted by Crippen LogP contribution is 2.17. The van der Waals surface area contributed by atoms with Crippen molar-refractivity contribution in [3.63, 3.8) is 0 Å². The lowest BCUT2D eigenvalue weighted by molar-refractivity contribution is -0.116. The average Bonchev–Trinajstić information content (AvgIpc) is 2.87. The Labute approximate surface area is 243 Å². The fourth-order valence-corrected chi connectivity index (χ4v) is 4.20. The van der Waals surface area contributed by atoms with Crippen molar-refractivity contribution < 1.29 is 29.7 Å². The standard InChI is InChI=1S/C31H46N4O6/c1-30(2,3)27(35-40)28(38)33-23(17-21-13-9-7-10-14-21)25(36)19-32-20-26(37)24(18-22-15-11-8-12-16-22)34-29(39)41-31(4,5)6/h7-16,23-26,32,36-37,40H,17-20H2,1-6H3,(H,33,38)(H,34,39)/b35-27-/t23-,24-,25+,26+/m0/s1. The Morgan fingerprint density at radius 1 is 0.780 bits per heavy atom. The van der Waals surface area contributed by atoms with Gasteiger partial charge in [-0.3, -0.25) is 4.79 Å². The summed E-state index contributed by atoms with van der Waals surface area (Å²) in [5, 5.41) is 43.4. The van der Waals surface area contributed by atoms with Crippen molar-refractivity contribution in [1.82, 2.24) is 16.0 Å². The summed E-state index contributed by atoms with van der Waals surface area (Å²) in [4.78, 5) is 25.4. The Hall–Kier alpha value is -3.47. The van der Waals surface area contributed by atoms with Crippen LogP contribution in [0.5, 0.6) is 0 Å². The number of alkyl carbamates (subject to hydrolysis) is 1. The van der Waals surface area contributed by atoms with Crippen molar-refractivity contribution in [3.05, 3.63) is 71.8 Å². The maximum absolute atomic E-state index is 12.9. The van der Waals surface area contributed by atoms with E-state index in [1.807, 2.05) is 60.7 Å². The number of aliphatic hydroxyl groups is 2. The zero-order valence-corrected chi connectivity index (χ0v) is 24.9. The predicted octanol–water partition coefficient (Wildman–Crippen LogP) is 3.04. The van der Waals surface area contributed by atoms with Crippen LogP contribution in [0.3, 0.4) is 0 Å². The topological polar surface area (TPSA) is 153 Å². The summed E-state index contributed by atoms with van der Waals surface area (Å²) in [5.74, 6) is -0.579. The largest absolute Gasteiger partial charge is 0.444 e. The first kappa shape index (κ1) is 33.7.